The maximum Gasteiger partial charge on any atom is 0.278 e. The van der Waals surface area contributed by atoms with E-state index in [4.69, 9.17) is 20.9 Å². The Morgan fingerprint density at radius 1 is 1.28 bits per heavy atom. The molecule has 0 saturated heterocycles. The SMILES string of the molecule is Cc1onc(C(=O)Nc2cccc(F)c2)c1COc1cccc(Cl)c1. The summed E-state index contributed by atoms with van der Waals surface area (Å²) < 4.78 is 24.0. The normalized spacial score (nSPS) is 10.5. The molecular formula is C18H14ClFN2O3. The predicted molar refractivity (Wildman–Crippen MR) is 91.4 cm³/mol. The molecule has 0 fully saturated rings. The number of anilines is 1. The van der Waals surface area contributed by atoms with Crippen LogP contribution in [0.4, 0.5) is 10.1 Å². The number of benzene rings is 2. The maximum atomic E-state index is 13.2. The van der Waals surface area contributed by atoms with E-state index < -0.39 is 11.7 Å². The van der Waals surface area contributed by atoms with E-state index in [1.807, 2.05) is 0 Å². The minimum absolute atomic E-state index is 0.0849. The predicted octanol–water partition coefficient (Wildman–Crippen LogP) is 4.61. The van der Waals surface area contributed by atoms with E-state index in [1.165, 1.54) is 18.2 Å². The third kappa shape index (κ3) is 4.16. The van der Waals surface area contributed by atoms with Crippen LogP contribution in [-0.4, -0.2) is 11.1 Å². The van der Waals surface area contributed by atoms with E-state index >= 15 is 0 Å². The van der Waals surface area contributed by atoms with Crippen LogP contribution in [-0.2, 0) is 6.61 Å². The molecule has 1 aromatic heterocycles. The van der Waals surface area contributed by atoms with E-state index in [-0.39, 0.29) is 12.3 Å². The number of rotatable bonds is 5. The molecule has 7 heteroatoms. The molecule has 1 heterocycles. The number of aryl methyl sites for hydroxylation is 1. The number of amides is 1. The van der Waals surface area contributed by atoms with Gasteiger partial charge in [0.15, 0.2) is 5.69 Å². The van der Waals surface area contributed by atoms with Gasteiger partial charge in [-0.1, -0.05) is 28.9 Å². The van der Waals surface area contributed by atoms with Crippen molar-refractivity contribution < 1.29 is 18.4 Å². The molecule has 0 spiro atoms. The minimum Gasteiger partial charge on any atom is -0.489 e. The van der Waals surface area contributed by atoms with Crippen LogP contribution in [0.2, 0.25) is 5.02 Å². The molecule has 0 atom stereocenters. The van der Waals surface area contributed by atoms with E-state index in [0.29, 0.717) is 27.8 Å². The van der Waals surface area contributed by atoms with Gasteiger partial charge in [0.2, 0.25) is 0 Å². The number of hydrogen-bond acceptors (Lipinski definition) is 4. The molecule has 5 nitrogen and oxygen atoms in total. The Morgan fingerprint density at radius 3 is 2.84 bits per heavy atom. The second kappa shape index (κ2) is 7.36. The van der Waals surface area contributed by atoms with Gasteiger partial charge in [0.05, 0.1) is 5.56 Å². The van der Waals surface area contributed by atoms with Gasteiger partial charge in [-0.25, -0.2) is 4.39 Å². The van der Waals surface area contributed by atoms with Crippen LogP contribution in [0.5, 0.6) is 5.75 Å². The van der Waals surface area contributed by atoms with Gasteiger partial charge in [-0.3, -0.25) is 4.79 Å². The summed E-state index contributed by atoms with van der Waals surface area (Å²) in [5, 5.41) is 6.90. The van der Waals surface area contributed by atoms with Gasteiger partial charge >= 0.3 is 0 Å². The van der Waals surface area contributed by atoms with Crippen molar-refractivity contribution in [3.05, 3.63) is 76.4 Å². The topological polar surface area (TPSA) is 64.4 Å². The van der Waals surface area contributed by atoms with Crippen molar-refractivity contribution in [3.8, 4) is 5.75 Å². The van der Waals surface area contributed by atoms with Gasteiger partial charge in [-0.05, 0) is 43.3 Å². The monoisotopic (exact) mass is 360 g/mol. The Morgan fingerprint density at radius 2 is 2.08 bits per heavy atom. The van der Waals surface area contributed by atoms with Crippen LogP contribution < -0.4 is 10.1 Å². The Kier molecular flexibility index (Phi) is 5.00. The number of ether oxygens (including phenoxy) is 1. The molecule has 0 aliphatic carbocycles. The number of nitrogens with zero attached hydrogens (tertiary/aromatic N) is 1. The molecule has 3 rings (SSSR count). The van der Waals surface area contributed by atoms with Crippen LogP contribution in [0.1, 0.15) is 21.8 Å². The zero-order valence-electron chi connectivity index (χ0n) is 13.3. The van der Waals surface area contributed by atoms with Crippen LogP contribution in [0.15, 0.2) is 53.1 Å². The number of halogens is 2. The third-order valence-electron chi connectivity index (χ3n) is 3.46. The number of carbonyl (C=O) groups excluding carboxylic acids is 1. The highest BCUT2D eigenvalue weighted by atomic mass is 35.5. The zero-order valence-corrected chi connectivity index (χ0v) is 14.0. The quantitative estimate of drug-likeness (QED) is 0.721. The average Bonchev–Trinajstić information content (AvgIpc) is 2.94. The Labute approximate surface area is 148 Å². The van der Waals surface area contributed by atoms with Gasteiger partial charge in [0, 0.05) is 10.7 Å². The van der Waals surface area contributed by atoms with Crippen molar-refractivity contribution >= 4 is 23.2 Å². The molecule has 0 saturated carbocycles. The second-order valence-electron chi connectivity index (χ2n) is 5.28. The lowest BCUT2D eigenvalue weighted by atomic mass is 10.2. The second-order valence-corrected chi connectivity index (χ2v) is 5.71. The van der Waals surface area contributed by atoms with E-state index in [0.717, 1.165) is 0 Å². The van der Waals surface area contributed by atoms with Gasteiger partial charge in [0.25, 0.3) is 5.91 Å². The molecule has 0 radical (unpaired) electrons. The fraction of sp³-hybridized carbons (Fsp3) is 0.111. The van der Waals surface area contributed by atoms with E-state index in [9.17, 15) is 9.18 Å². The van der Waals surface area contributed by atoms with Gasteiger partial charge in [0.1, 0.15) is 23.9 Å². The molecule has 1 amide bonds. The highest BCUT2D eigenvalue weighted by Crippen LogP contribution is 2.21. The van der Waals surface area contributed by atoms with Gasteiger partial charge in [-0.15, -0.1) is 0 Å². The first-order valence-electron chi connectivity index (χ1n) is 7.43. The maximum absolute atomic E-state index is 13.2. The third-order valence-corrected chi connectivity index (χ3v) is 3.70. The van der Waals surface area contributed by atoms with Crippen molar-refractivity contribution in [2.24, 2.45) is 0 Å². The van der Waals surface area contributed by atoms with Crippen LogP contribution in [0, 0.1) is 12.7 Å². The molecule has 1 N–H and O–H groups in total. The van der Waals surface area contributed by atoms with Crippen molar-refractivity contribution in [1.82, 2.24) is 5.16 Å². The van der Waals surface area contributed by atoms with Gasteiger partial charge in [-0.2, -0.15) is 0 Å². The molecule has 2 aromatic carbocycles. The summed E-state index contributed by atoms with van der Waals surface area (Å²) in [6, 6.07) is 12.5. The Hall–Kier alpha value is -2.86. The average molecular weight is 361 g/mol. The molecule has 0 aliphatic rings. The molecule has 128 valence electrons. The smallest absolute Gasteiger partial charge is 0.278 e. The first-order chi connectivity index (χ1) is 12.0. The van der Waals surface area contributed by atoms with E-state index in [1.54, 1.807) is 37.3 Å². The van der Waals surface area contributed by atoms with Crippen LogP contribution in [0.3, 0.4) is 0 Å². The number of nitrogens with one attached hydrogen (secondary N) is 1. The molecule has 0 aliphatic heterocycles. The van der Waals surface area contributed by atoms with Crippen LogP contribution in [0.25, 0.3) is 0 Å². The van der Waals surface area contributed by atoms with Crippen molar-refractivity contribution in [2.75, 3.05) is 5.32 Å². The lowest BCUT2D eigenvalue weighted by molar-refractivity contribution is 0.101. The van der Waals surface area contributed by atoms with Gasteiger partial charge < -0.3 is 14.6 Å². The Bertz CT molecular complexity index is 911. The largest absolute Gasteiger partial charge is 0.489 e. The summed E-state index contributed by atoms with van der Waals surface area (Å²) in [4.78, 5) is 12.4. The number of carbonyl (C=O) groups is 1. The molecule has 3 aromatic rings. The molecular weight excluding hydrogens is 347 g/mol. The summed E-state index contributed by atoms with van der Waals surface area (Å²) in [6.07, 6.45) is 0. The summed E-state index contributed by atoms with van der Waals surface area (Å²) in [5.74, 6) is 0.0711. The summed E-state index contributed by atoms with van der Waals surface area (Å²) >= 11 is 5.92. The first kappa shape index (κ1) is 17.0. The fourth-order valence-corrected chi connectivity index (χ4v) is 2.39. The fourth-order valence-electron chi connectivity index (χ4n) is 2.21. The standard InChI is InChI=1S/C18H14ClFN2O3/c1-11-16(10-24-15-7-2-4-12(19)8-15)17(22-25-11)18(23)21-14-6-3-5-13(20)9-14/h2-9H,10H2,1H3,(H,21,23). The summed E-state index contributed by atoms with van der Waals surface area (Å²) in [7, 11) is 0. The van der Waals surface area contributed by atoms with Crippen molar-refractivity contribution in [2.45, 2.75) is 13.5 Å². The number of hydrogen-bond donors (Lipinski definition) is 1. The van der Waals surface area contributed by atoms with E-state index in [2.05, 4.69) is 10.5 Å². The number of aromatic nitrogens is 1. The first-order valence-corrected chi connectivity index (χ1v) is 7.81. The minimum atomic E-state index is -0.507. The Balaban J connectivity index is 1.75. The summed E-state index contributed by atoms with van der Waals surface area (Å²) in [6.45, 7) is 1.77. The lowest BCUT2D eigenvalue weighted by Gasteiger charge is -2.07. The summed E-state index contributed by atoms with van der Waals surface area (Å²) in [5.41, 5.74) is 0.921. The van der Waals surface area contributed by atoms with Crippen LogP contribution >= 0.6 is 11.6 Å². The molecule has 25 heavy (non-hydrogen) atoms. The highest BCUT2D eigenvalue weighted by Gasteiger charge is 2.20. The lowest BCUT2D eigenvalue weighted by Crippen LogP contribution is -2.15. The highest BCUT2D eigenvalue weighted by molar-refractivity contribution is 6.30. The van der Waals surface area contributed by atoms with Crippen molar-refractivity contribution in [1.29, 1.82) is 0 Å². The zero-order chi connectivity index (χ0) is 17.8. The van der Waals surface area contributed by atoms with Crippen molar-refractivity contribution in [3.63, 3.8) is 0 Å². The molecule has 0 bridgehead atoms. The molecule has 0 unspecified atom stereocenters.